The van der Waals surface area contributed by atoms with E-state index in [4.69, 9.17) is 14.5 Å². The summed E-state index contributed by atoms with van der Waals surface area (Å²) in [5, 5.41) is 5.92. The fourth-order valence-electron chi connectivity index (χ4n) is 4.07. The predicted octanol–water partition coefficient (Wildman–Crippen LogP) is 5.85. The number of benzene rings is 2. The molecule has 10 heteroatoms. The van der Waals surface area contributed by atoms with Gasteiger partial charge >= 0.3 is 0 Å². The van der Waals surface area contributed by atoms with E-state index in [1.165, 1.54) is 18.5 Å². The molecule has 0 saturated heterocycles. The summed E-state index contributed by atoms with van der Waals surface area (Å²) in [7, 11) is 3.46. The van der Waals surface area contributed by atoms with Crippen molar-refractivity contribution in [2.45, 2.75) is 20.0 Å². The Morgan fingerprint density at radius 1 is 1.00 bits per heavy atom. The van der Waals surface area contributed by atoms with Gasteiger partial charge in [-0.05, 0) is 62.4 Å². The second-order valence-electron chi connectivity index (χ2n) is 9.08. The van der Waals surface area contributed by atoms with Crippen LogP contribution in [0.3, 0.4) is 0 Å². The number of carbonyl (C=O) groups excluding carboxylic acids is 1. The number of rotatable bonds is 8. The summed E-state index contributed by atoms with van der Waals surface area (Å²) in [4.78, 5) is 24.5. The van der Waals surface area contributed by atoms with E-state index in [2.05, 4.69) is 20.6 Å². The number of amides is 1. The van der Waals surface area contributed by atoms with E-state index >= 15 is 0 Å². The van der Waals surface area contributed by atoms with Crippen molar-refractivity contribution in [3.05, 3.63) is 84.7 Å². The fourth-order valence-corrected chi connectivity index (χ4v) is 4.07. The number of hydrogen-bond donors (Lipinski definition) is 2. The Labute approximate surface area is 224 Å². The number of hydrogen-bond acceptors (Lipinski definition) is 7. The molecule has 0 radical (unpaired) electrons. The molecule has 2 aromatic carbocycles. The normalized spacial score (nSPS) is 11.0. The molecule has 9 nitrogen and oxygen atoms in total. The number of anilines is 2. The maximum absolute atomic E-state index is 13.4. The lowest BCUT2D eigenvalue weighted by Crippen LogP contribution is -2.18. The quantitative estimate of drug-likeness (QED) is 0.244. The molecule has 198 valence electrons. The van der Waals surface area contributed by atoms with Gasteiger partial charge < -0.3 is 24.7 Å². The number of carbonyl (C=O) groups is 1. The number of halogens is 1. The summed E-state index contributed by atoms with van der Waals surface area (Å²) in [6.07, 6.45) is 2.97. The van der Waals surface area contributed by atoms with Crippen molar-refractivity contribution in [2.75, 3.05) is 12.4 Å². The van der Waals surface area contributed by atoms with Gasteiger partial charge in [-0.15, -0.1) is 0 Å². The zero-order valence-electron chi connectivity index (χ0n) is 21.9. The van der Waals surface area contributed by atoms with Gasteiger partial charge in [0.2, 0.25) is 11.9 Å². The molecule has 0 aliphatic heterocycles. The van der Waals surface area contributed by atoms with Crippen molar-refractivity contribution in [1.29, 1.82) is 0 Å². The van der Waals surface area contributed by atoms with Crippen LogP contribution in [0, 0.1) is 5.95 Å². The number of nitrogens with one attached hydrogen (secondary N) is 2. The Morgan fingerprint density at radius 2 is 1.82 bits per heavy atom. The van der Waals surface area contributed by atoms with Crippen LogP contribution in [0.15, 0.2) is 73.1 Å². The van der Waals surface area contributed by atoms with E-state index in [1.807, 2.05) is 61.9 Å². The van der Waals surface area contributed by atoms with Crippen LogP contribution in [-0.4, -0.2) is 38.6 Å². The summed E-state index contributed by atoms with van der Waals surface area (Å²) in [5.74, 6) is 1.52. The minimum atomic E-state index is -0.543. The van der Waals surface area contributed by atoms with Crippen LogP contribution in [0.25, 0.3) is 22.2 Å². The van der Waals surface area contributed by atoms with E-state index in [9.17, 15) is 9.18 Å². The van der Waals surface area contributed by atoms with Crippen LogP contribution in [-0.2, 0) is 7.05 Å². The standard InChI is InChI=1S/C29H27FN6O3/c1-17(2)38-26-9-6-19(13-22(26)18-5-10-27(30)33-16-18)34-29-35-23-14-20(7-8-25(23)36(29)4)39-21-11-12-32-24(15-21)28(37)31-3/h5-17H,1-4H3,(H,31,37)(H,34,35). The number of aromatic nitrogens is 4. The summed E-state index contributed by atoms with van der Waals surface area (Å²) >= 11 is 0. The van der Waals surface area contributed by atoms with Crippen LogP contribution in [0.2, 0.25) is 0 Å². The molecule has 5 aromatic rings. The first kappa shape index (κ1) is 25.7. The minimum Gasteiger partial charge on any atom is -0.490 e. The number of aryl methyl sites for hydroxylation is 1. The number of nitrogens with zero attached hydrogens (tertiary/aromatic N) is 4. The molecule has 2 N–H and O–H groups in total. The van der Waals surface area contributed by atoms with Gasteiger partial charge in [0.15, 0.2) is 0 Å². The van der Waals surface area contributed by atoms with Crippen LogP contribution in [0.4, 0.5) is 16.0 Å². The highest BCUT2D eigenvalue weighted by Crippen LogP contribution is 2.35. The Kier molecular flexibility index (Phi) is 7.09. The average Bonchev–Trinajstić information content (AvgIpc) is 3.23. The van der Waals surface area contributed by atoms with Crippen molar-refractivity contribution in [3.8, 4) is 28.4 Å². The van der Waals surface area contributed by atoms with Crippen molar-refractivity contribution in [1.82, 2.24) is 24.8 Å². The first-order valence-corrected chi connectivity index (χ1v) is 12.3. The molecule has 3 aromatic heterocycles. The minimum absolute atomic E-state index is 0.0326. The molecule has 5 rings (SSSR count). The van der Waals surface area contributed by atoms with Gasteiger partial charge in [-0.2, -0.15) is 4.39 Å². The zero-order chi connectivity index (χ0) is 27.5. The third-order valence-electron chi connectivity index (χ3n) is 5.92. The molecule has 39 heavy (non-hydrogen) atoms. The van der Waals surface area contributed by atoms with Crippen molar-refractivity contribution < 1.29 is 18.7 Å². The highest BCUT2D eigenvalue weighted by Gasteiger charge is 2.14. The fraction of sp³-hybridized carbons (Fsp3) is 0.172. The maximum Gasteiger partial charge on any atom is 0.269 e. The number of ether oxygens (including phenoxy) is 2. The molecule has 0 aliphatic carbocycles. The third kappa shape index (κ3) is 5.64. The smallest absolute Gasteiger partial charge is 0.269 e. The lowest BCUT2D eigenvalue weighted by molar-refractivity contribution is 0.0958. The lowest BCUT2D eigenvalue weighted by Gasteiger charge is -2.16. The van der Waals surface area contributed by atoms with Crippen molar-refractivity contribution in [2.24, 2.45) is 7.05 Å². The molecule has 0 saturated carbocycles. The first-order valence-electron chi connectivity index (χ1n) is 12.3. The predicted molar refractivity (Wildman–Crippen MR) is 147 cm³/mol. The first-order chi connectivity index (χ1) is 18.8. The van der Waals surface area contributed by atoms with E-state index in [1.54, 1.807) is 25.2 Å². The topological polar surface area (TPSA) is 103 Å². The van der Waals surface area contributed by atoms with E-state index < -0.39 is 5.95 Å². The van der Waals surface area contributed by atoms with Gasteiger partial charge in [-0.1, -0.05) is 0 Å². The van der Waals surface area contributed by atoms with Gasteiger partial charge in [-0.25, -0.2) is 9.97 Å². The molecule has 0 atom stereocenters. The van der Waals surface area contributed by atoms with E-state index in [0.29, 0.717) is 23.2 Å². The summed E-state index contributed by atoms with van der Waals surface area (Å²) in [5.41, 5.74) is 4.18. The van der Waals surface area contributed by atoms with Gasteiger partial charge in [0.25, 0.3) is 5.91 Å². The molecule has 0 unspecified atom stereocenters. The number of imidazole rings is 1. The van der Waals surface area contributed by atoms with Crippen LogP contribution in [0.1, 0.15) is 24.3 Å². The van der Waals surface area contributed by atoms with E-state index in [0.717, 1.165) is 27.8 Å². The van der Waals surface area contributed by atoms with Gasteiger partial charge in [0.1, 0.15) is 22.9 Å². The van der Waals surface area contributed by atoms with Crippen molar-refractivity contribution >= 4 is 28.6 Å². The molecule has 0 bridgehead atoms. The SMILES string of the molecule is CNC(=O)c1cc(Oc2ccc3c(c2)nc(Nc2ccc(OC(C)C)c(-c4ccc(F)nc4)c2)n3C)ccn1. The van der Waals surface area contributed by atoms with Crippen LogP contribution >= 0.6 is 0 Å². The molecular weight excluding hydrogens is 499 g/mol. The zero-order valence-corrected chi connectivity index (χ0v) is 21.9. The van der Waals surface area contributed by atoms with Crippen molar-refractivity contribution in [3.63, 3.8) is 0 Å². The second kappa shape index (κ2) is 10.8. The summed E-state index contributed by atoms with van der Waals surface area (Å²) < 4.78 is 27.3. The Hall–Kier alpha value is -4.99. The highest BCUT2D eigenvalue weighted by molar-refractivity contribution is 5.92. The Balaban J connectivity index is 1.43. The molecule has 3 heterocycles. The average molecular weight is 527 g/mol. The van der Waals surface area contributed by atoms with Crippen LogP contribution < -0.4 is 20.1 Å². The van der Waals surface area contributed by atoms with Gasteiger partial charge in [0, 0.05) is 55.4 Å². The molecule has 0 aliphatic rings. The van der Waals surface area contributed by atoms with Gasteiger partial charge in [-0.3, -0.25) is 9.78 Å². The largest absolute Gasteiger partial charge is 0.490 e. The number of pyridine rings is 2. The summed E-state index contributed by atoms with van der Waals surface area (Å²) in [6.45, 7) is 3.90. The molecule has 0 spiro atoms. The molecule has 1 amide bonds. The maximum atomic E-state index is 13.4. The second-order valence-corrected chi connectivity index (χ2v) is 9.08. The van der Waals surface area contributed by atoms with E-state index in [-0.39, 0.29) is 17.7 Å². The molecule has 0 fully saturated rings. The molecular formula is C29H27FN6O3. The highest BCUT2D eigenvalue weighted by atomic mass is 19.1. The van der Waals surface area contributed by atoms with Gasteiger partial charge in [0.05, 0.1) is 17.1 Å². The third-order valence-corrected chi connectivity index (χ3v) is 5.92. The number of fused-ring (bicyclic) bond motifs is 1. The monoisotopic (exact) mass is 526 g/mol. The summed E-state index contributed by atoms with van der Waals surface area (Å²) in [6, 6.07) is 17.5. The van der Waals surface area contributed by atoms with Crippen LogP contribution in [0.5, 0.6) is 17.2 Å². The lowest BCUT2D eigenvalue weighted by atomic mass is 10.1. The Bertz CT molecular complexity index is 1650. The Morgan fingerprint density at radius 3 is 2.56 bits per heavy atom.